The van der Waals surface area contributed by atoms with Gasteiger partial charge in [0.2, 0.25) is 0 Å². The largest absolute Gasteiger partial charge is 0.396 e. The van der Waals surface area contributed by atoms with Crippen LogP contribution in [-0.2, 0) is 6.42 Å². The lowest BCUT2D eigenvalue weighted by atomic mass is 9.80. The predicted octanol–water partition coefficient (Wildman–Crippen LogP) is 2.91. The quantitative estimate of drug-likeness (QED) is 0.783. The average molecular weight is 308 g/mol. The van der Waals surface area contributed by atoms with Gasteiger partial charge in [0.15, 0.2) is 0 Å². The normalized spacial score (nSPS) is 21.8. The van der Waals surface area contributed by atoms with Crippen LogP contribution in [0.3, 0.4) is 0 Å². The Morgan fingerprint density at radius 1 is 1.50 bits per heavy atom. The first-order valence-corrected chi connectivity index (χ1v) is 7.98. The number of hydrogen-bond donors (Lipinski definition) is 3. The molecular weight excluding hydrogens is 283 g/mol. The number of benzene rings is 1. The highest BCUT2D eigenvalue weighted by Crippen LogP contribution is 2.35. The Bertz CT molecular complexity index is 521. The molecule has 122 valence electrons. The van der Waals surface area contributed by atoms with Gasteiger partial charge in [-0.05, 0) is 55.7 Å². The zero-order chi connectivity index (χ0) is 16.1. The summed E-state index contributed by atoms with van der Waals surface area (Å²) in [5.41, 5.74) is 1.61. The van der Waals surface area contributed by atoms with Crippen molar-refractivity contribution in [3.05, 3.63) is 35.1 Å². The summed E-state index contributed by atoms with van der Waals surface area (Å²) >= 11 is 0. The zero-order valence-corrected chi connectivity index (χ0v) is 13.2. The molecule has 0 aromatic heterocycles. The van der Waals surface area contributed by atoms with Crippen molar-refractivity contribution in [2.75, 3.05) is 6.61 Å². The van der Waals surface area contributed by atoms with Crippen LogP contribution in [0, 0.1) is 11.7 Å². The third kappa shape index (κ3) is 3.97. The second kappa shape index (κ2) is 7.58. The molecule has 1 aromatic carbocycles. The van der Waals surface area contributed by atoms with Crippen LogP contribution in [-0.4, -0.2) is 23.8 Å². The van der Waals surface area contributed by atoms with Gasteiger partial charge in [-0.1, -0.05) is 19.1 Å². The molecule has 0 bridgehead atoms. The second-order valence-electron chi connectivity index (χ2n) is 6.19. The van der Waals surface area contributed by atoms with Crippen LogP contribution in [0.4, 0.5) is 9.18 Å². The molecule has 1 aliphatic carbocycles. The molecule has 0 aliphatic heterocycles. The number of rotatable bonds is 5. The van der Waals surface area contributed by atoms with Gasteiger partial charge in [0.25, 0.3) is 0 Å². The van der Waals surface area contributed by atoms with Gasteiger partial charge in [-0.15, -0.1) is 0 Å². The lowest BCUT2D eigenvalue weighted by Gasteiger charge is -2.32. The summed E-state index contributed by atoms with van der Waals surface area (Å²) in [6.07, 6.45) is 2.97. The number of amides is 2. The van der Waals surface area contributed by atoms with Crippen molar-refractivity contribution in [3.63, 3.8) is 0 Å². The van der Waals surface area contributed by atoms with E-state index in [1.54, 1.807) is 6.07 Å². The number of halogens is 1. The van der Waals surface area contributed by atoms with E-state index in [0.717, 1.165) is 30.4 Å². The minimum atomic E-state index is -0.237. The monoisotopic (exact) mass is 308 g/mol. The van der Waals surface area contributed by atoms with Crippen LogP contribution < -0.4 is 10.6 Å². The summed E-state index contributed by atoms with van der Waals surface area (Å²) < 4.78 is 13.9. The van der Waals surface area contributed by atoms with Crippen molar-refractivity contribution < 1.29 is 14.3 Å². The Labute approximate surface area is 131 Å². The van der Waals surface area contributed by atoms with E-state index < -0.39 is 0 Å². The van der Waals surface area contributed by atoms with Crippen LogP contribution in [0.5, 0.6) is 0 Å². The van der Waals surface area contributed by atoms with Gasteiger partial charge in [-0.3, -0.25) is 0 Å². The molecule has 1 aliphatic rings. The molecule has 0 heterocycles. The summed E-state index contributed by atoms with van der Waals surface area (Å²) in [4.78, 5) is 12.1. The number of hydrogen-bond acceptors (Lipinski definition) is 2. The summed E-state index contributed by atoms with van der Waals surface area (Å²) in [6.45, 7) is 4.11. The maximum atomic E-state index is 13.9. The molecular formula is C17H25FN2O2. The Balaban J connectivity index is 2.03. The van der Waals surface area contributed by atoms with Crippen molar-refractivity contribution in [2.24, 2.45) is 5.92 Å². The minimum Gasteiger partial charge on any atom is -0.396 e. The van der Waals surface area contributed by atoms with E-state index in [-0.39, 0.29) is 36.5 Å². The Morgan fingerprint density at radius 3 is 3.00 bits per heavy atom. The summed E-state index contributed by atoms with van der Waals surface area (Å²) in [6, 6.07) is 4.67. The molecule has 3 N–H and O–H groups in total. The molecule has 0 saturated carbocycles. The number of fused-ring (bicyclic) bond motifs is 1. The fourth-order valence-electron chi connectivity index (χ4n) is 3.07. The average Bonchev–Trinajstić information content (AvgIpc) is 2.48. The van der Waals surface area contributed by atoms with Gasteiger partial charge < -0.3 is 15.7 Å². The molecule has 2 amide bonds. The highest BCUT2D eigenvalue weighted by Gasteiger charge is 2.29. The summed E-state index contributed by atoms with van der Waals surface area (Å²) in [5.74, 6) is 0.0840. The predicted molar refractivity (Wildman–Crippen MR) is 84.1 cm³/mol. The molecule has 3 atom stereocenters. The molecule has 0 fully saturated rings. The van der Waals surface area contributed by atoms with Gasteiger partial charge >= 0.3 is 6.03 Å². The first kappa shape index (κ1) is 16.7. The van der Waals surface area contributed by atoms with E-state index in [0.29, 0.717) is 6.42 Å². The topological polar surface area (TPSA) is 61.4 Å². The fraction of sp³-hybridized carbons (Fsp3) is 0.588. The number of carbonyl (C=O) groups excluding carboxylic acids is 1. The van der Waals surface area contributed by atoms with Gasteiger partial charge in [-0.2, -0.15) is 0 Å². The maximum Gasteiger partial charge on any atom is 0.315 e. The molecule has 2 rings (SSSR count). The van der Waals surface area contributed by atoms with Crippen molar-refractivity contribution in [2.45, 2.75) is 51.6 Å². The zero-order valence-electron chi connectivity index (χ0n) is 13.2. The second-order valence-corrected chi connectivity index (χ2v) is 6.19. The number of aliphatic hydroxyl groups excluding tert-OH is 1. The van der Waals surface area contributed by atoms with E-state index >= 15 is 0 Å². The van der Waals surface area contributed by atoms with Gasteiger partial charge in [0, 0.05) is 12.6 Å². The highest BCUT2D eigenvalue weighted by atomic mass is 19.1. The van der Waals surface area contributed by atoms with Gasteiger partial charge in [0.05, 0.1) is 6.04 Å². The molecule has 0 radical (unpaired) electrons. The molecule has 0 saturated heterocycles. The van der Waals surface area contributed by atoms with E-state index in [9.17, 15) is 9.18 Å². The van der Waals surface area contributed by atoms with Crippen LogP contribution in [0.25, 0.3) is 0 Å². The molecule has 1 aromatic rings. The van der Waals surface area contributed by atoms with Crippen molar-refractivity contribution in [1.82, 2.24) is 10.6 Å². The van der Waals surface area contributed by atoms with E-state index in [2.05, 4.69) is 17.6 Å². The minimum absolute atomic E-state index is 0.00183. The molecule has 0 spiro atoms. The smallest absolute Gasteiger partial charge is 0.315 e. The fourth-order valence-corrected chi connectivity index (χ4v) is 3.07. The number of urea groups is 1. The Hall–Kier alpha value is -1.62. The third-order valence-electron chi connectivity index (χ3n) is 4.37. The van der Waals surface area contributed by atoms with Crippen LogP contribution in [0.1, 0.15) is 50.3 Å². The van der Waals surface area contributed by atoms with Crippen LogP contribution in [0.2, 0.25) is 0 Å². The highest BCUT2D eigenvalue weighted by molar-refractivity contribution is 5.75. The van der Waals surface area contributed by atoms with Gasteiger partial charge in [0.1, 0.15) is 5.82 Å². The molecule has 22 heavy (non-hydrogen) atoms. The SMILES string of the molecule is C[C@H](CCCO)NC(=O)N[C@@H]1c2cccc(F)c2CC[C@@H]1C. The van der Waals surface area contributed by atoms with Crippen molar-refractivity contribution in [1.29, 1.82) is 0 Å². The first-order chi connectivity index (χ1) is 10.5. The van der Waals surface area contributed by atoms with Crippen LogP contribution >= 0.6 is 0 Å². The van der Waals surface area contributed by atoms with E-state index in [1.165, 1.54) is 6.07 Å². The van der Waals surface area contributed by atoms with Gasteiger partial charge in [-0.25, -0.2) is 9.18 Å². The Morgan fingerprint density at radius 2 is 2.27 bits per heavy atom. The molecule has 5 heteroatoms. The number of carbonyl (C=O) groups is 1. The third-order valence-corrected chi connectivity index (χ3v) is 4.37. The first-order valence-electron chi connectivity index (χ1n) is 7.98. The summed E-state index contributed by atoms with van der Waals surface area (Å²) in [5, 5.41) is 14.7. The lowest BCUT2D eigenvalue weighted by molar-refractivity contribution is 0.223. The van der Waals surface area contributed by atoms with Crippen molar-refractivity contribution >= 4 is 6.03 Å². The van der Waals surface area contributed by atoms with Crippen LogP contribution in [0.15, 0.2) is 18.2 Å². The maximum absolute atomic E-state index is 13.9. The number of aliphatic hydroxyl groups is 1. The molecule has 0 unspecified atom stereocenters. The van der Waals surface area contributed by atoms with E-state index in [1.807, 2.05) is 13.0 Å². The number of nitrogens with one attached hydrogen (secondary N) is 2. The Kier molecular flexibility index (Phi) is 5.77. The van der Waals surface area contributed by atoms with E-state index in [4.69, 9.17) is 5.11 Å². The summed E-state index contributed by atoms with van der Waals surface area (Å²) in [7, 11) is 0. The molecule has 4 nitrogen and oxygen atoms in total. The van der Waals surface area contributed by atoms with Crippen molar-refractivity contribution in [3.8, 4) is 0 Å². The lowest BCUT2D eigenvalue weighted by Crippen LogP contribution is -2.45. The standard InChI is InChI=1S/C17H25FN2O2/c1-11-8-9-13-14(6-3-7-15(13)18)16(11)20-17(22)19-12(2)5-4-10-21/h3,6-7,11-12,16,21H,4-5,8-10H2,1-2H3,(H2,19,20,22)/t11-,12+,16-/m0/s1.